The van der Waals surface area contributed by atoms with Gasteiger partial charge in [-0.25, -0.2) is 0 Å². The summed E-state index contributed by atoms with van der Waals surface area (Å²) < 4.78 is 0. The molecule has 1 amide bonds. The van der Waals surface area contributed by atoms with Crippen molar-refractivity contribution in [2.24, 2.45) is 0 Å². The first kappa shape index (κ1) is 10.3. The molecule has 0 aromatic carbocycles. The van der Waals surface area contributed by atoms with Gasteiger partial charge in [0.25, 0.3) is 0 Å². The van der Waals surface area contributed by atoms with Crippen molar-refractivity contribution in [3.05, 3.63) is 0 Å². The van der Waals surface area contributed by atoms with Crippen molar-refractivity contribution in [1.82, 2.24) is 10.2 Å². The van der Waals surface area contributed by atoms with Crippen molar-refractivity contribution >= 4 is 17.7 Å². The summed E-state index contributed by atoms with van der Waals surface area (Å²) in [5, 5.41) is 3.27. The summed E-state index contributed by atoms with van der Waals surface area (Å²) >= 11 is 1.98. The summed E-state index contributed by atoms with van der Waals surface area (Å²) in [4.78, 5) is 13.8. The molecule has 3 nitrogen and oxygen atoms in total. The zero-order valence-electron chi connectivity index (χ0n) is 8.66. The van der Waals surface area contributed by atoms with Crippen molar-refractivity contribution in [2.75, 3.05) is 18.1 Å². The molecule has 0 spiro atoms. The Morgan fingerprint density at radius 3 is 3.14 bits per heavy atom. The number of carbonyl (C=O) groups excluding carboxylic acids is 1. The molecule has 2 atom stereocenters. The molecule has 14 heavy (non-hydrogen) atoms. The summed E-state index contributed by atoms with van der Waals surface area (Å²) in [5.74, 6) is 2.69. The van der Waals surface area contributed by atoms with E-state index in [1.54, 1.807) is 0 Å². The Bertz CT molecular complexity index is 216. The highest BCUT2D eigenvalue weighted by atomic mass is 32.2. The van der Waals surface area contributed by atoms with Gasteiger partial charge >= 0.3 is 0 Å². The summed E-state index contributed by atoms with van der Waals surface area (Å²) in [7, 11) is 0. The molecule has 0 aromatic rings. The van der Waals surface area contributed by atoms with Gasteiger partial charge < -0.3 is 4.90 Å². The molecule has 80 valence electrons. The first-order chi connectivity index (χ1) is 6.83. The number of hydrogen-bond donors (Lipinski definition) is 1. The fraction of sp³-hybridized carbons (Fsp3) is 0.900. The van der Waals surface area contributed by atoms with Gasteiger partial charge in [0, 0.05) is 11.8 Å². The minimum Gasteiger partial charge on any atom is -0.322 e. The van der Waals surface area contributed by atoms with E-state index in [0.717, 1.165) is 12.2 Å². The van der Waals surface area contributed by atoms with Crippen LogP contribution in [0.15, 0.2) is 0 Å². The van der Waals surface area contributed by atoms with Gasteiger partial charge in [-0.1, -0.05) is 6.92 Å². The van der Waals surface area contributed by atoms with Crippen molar-refractivity contribution < 1.29 is 4.79 Å². The summed E-state index contributed by atoms with van der Waals surface area (Å²) in [6.45, 7) is 2.68. The predicted molar refractivity (Wildman–Crippen MR) is 59.3 cm³/mol. The average Bonchev–Trinajstić information content (AvgIpc) is 2.61. The van der Waals surface area contributed by atoms with Gasteiger partial charge in [-0.2, -0.15) is 11.8 Å². The largest absolute Gasteiger partial charge is 0.322 e. The monoisotopic (exact) mass is 214 g/mol. The van der Waals surface area contributed by atoms with E-state index in [4.69, 9.17) is 0 Å². The molecule has 2 rings (SSSR count). The number of carbonyl (C=O) groups is 1. The number of hydrogen-bond acceptors (Lipinski definition) is 3. The molecule has 2 aliphatic rings. The van der Waals surface area contributed by atoms with E-state index >= 15 is 0 Å². The number of nitrogens with one attached hydrogen (secondary N) is 1. The fourth-order valence-electron chi connectivity index (χ4n) is 2.31. The lowest BCUT2D eigenvalue weighted by Gasteiger charge is -2.34. The zero-order valence-corrected chi connectivity index (χ0v) is 9.48. The van der Waals surface area contributed by atoms with E-state index in [2.05, 4.69) is 17.1 Å². The zero-order chi connectivity index (χ0) is 9.97. The van der Waals surface area contributed by atoms with Crippen molar-refractivity contribution in [2.45, 2.75) is 38.4 Å². The lowest BCUT2D eigenvalue weighted by atomic mass is 10.1. The maximum Gasteiger partial charge on any atom is 0.238 e. The molecule has 0 bridgehead atoms. The maximum atomic E-state index is 11.7. The van der Waals surface area contributed by atoms with Gasteiger partial charge in [0.2, 0.25) is 5.91 Å². The molecule has 2 fully saturated rings. The van der Waals surface area contributed by atoms with Gasteiger partial charge in [-0.15, -0.1) is 0 Å². The van der Waals surface area contributed by atoms with E-state index < -0.39 is 0 Å². The van der Waals surface area contributed by atoms with Crippen LogP contribution in [0.1, 0.15) is 26.2 Å². The molecule has 4 heteroatoms. The number of rotatable bonds is 2. The molecule has 2 heterocycles. The first-order valence-corrected chi connectivity index (χ1v) is 6.60. The molecule has 0 aromatic heterocycles. The second-order valence-electron chi connectivity index (χ2n) is 3.98. The lowest BCUT2D eigenvalue weighted by Crippen LogP contribution is -2.46. The topological polar surface area (TPSA) is 32.3 Å². The van der Waals surface area contributed by atoms with Gasteiger partial charge in [0.1, 0.15) is 0 Å². The minimum absolute atomic E-state index is 0.296. The third kappa shape index (κ3) is 1.91. The van der Waals surface area contributed by atoms with Crippen LogP contribution in [0, 0.1) is 0 Å². The summed E-state index contributed by atoms with van der Waals surface area (Å²) in [6.07, 6.45) is 3.77. The molecular formula is C10H18N2OS. The van der Waals surface area contributed by atoms with E-state index in [9.17, 15) is 4.79 Å². The van der Waals surface area contributed by atoms with Crippen LogP contribution < -0.4 is 5.32 Å². The van der Waals surface area contributed by atoms with Crippen LogP contribution in [0.2, 0.25) is 0 Å². The van der Waals surface area contributed by atoms with Crippen LogP contribution in [0.4, 0.5) is 0 Å². The van der Waals surface area contributed by atoms with E-state index in [0.29, 0.717) is 24.7 Å². The number of amides is 1. The van der Waals surface area contributed by atoms with Gasteiger partial charge in [-0.3, -0.25) is 10.1 Å². The minimum atomic E-state index is 0.296. The molecule has 2 saturated heterocycles. The van der Waals surface area contributed by atoms with E-state index in [1.165, 1.54) is 18.6 Å². The number of thioether (sulfide) groups is 1. The molecule has 0 radical (unpaired) electrons. The Morgan fingerprint density at radius 1 is 1.64 bits per heavy atom. The Hall–Kier alpha value is -0.220. The van der Waals surface area contributed by atoms with Crippen LogP contribution in [-0.2, 0) is 4.79 Å². The van der Waals surface area contributed by atoms with E-state index in [1.807, 2.05) is 11.8 Å². The van der Waals surface area contributed by atoms with Crippen molar-refractivity contribution in [3.63, 3.8) is 0 Å². The molecule has 0 saturated carbocycles. The Morgan fingerprint density at radius 2 is 2.50 bits per heavy atom. The van der Waals surface area contributed by atoms with Gasteiger partial charge in [-0.05, 0) is 25.0 Å². The first-order valence-electron chi connectivity index (χ1n) is 5.45. The normalized spacial score (nSPS) is 33.8. The highest BCUT2D eigenvalue weighted by Crippen LogP contribution is 2.25. The van der Waals surface area contributed by atoms with Crippen LogP contribution >= 0.6 is 11.8 Å². The predicted octanol–water partition coefficient (Wildman–Crippen LogP) is 1.05. The molecule has 0 aliphatic carbocycles. The maximum absolute atomic E-state index is 11.7. The highest BCUT2D eigenvalue weighted by molar-refractivity contribution is 7.99. The van der Waals surface area contributed by atoms with Crippen LogP contribution in [0.25, 0.3) is 0 Å². The molecule has 2 unspecified atom stereocenters. The third-order valence-electron chi connectivity index (χ3n) is 3.03. The summed E-state index contributed by atoms with van der Waals surface area (Å²) in [5.41, 5.74) is 0. The second-order valence-corrected chi connectivity index (χ2v) is 5.13. The van der Waals surface area contributed by atoms with Crippen LogP contribution in [-0.4, -0.2) is 41.1 Å². The van der Waals surface area contributed by atoms with Crippen LogP contribution in [0.3, 0.4) is 0 Å². The standard InChI is InChI=1S/C10H18N2OS/c1-2-9-11-6-10(13)12(9)8-4-3-5-14-7-8/h8-9,11H,2-7H2,1H3. The van der Waals surface area contributed by atoms with Crippen LogP contribution in [0.5, 0.6) is 0 Å². The van der Waals surface area contributed by atoms with Gasteiger partial charge in [0.05, 0.1) is 12.7 Å². The third-order valence-corrected chi connectivity index (χ3v) is 4.23. The quantitative estimate of drug-likeness (QED) is 0.746. The molecule has 2 aliphatic heterocycles. The smallest absolute Gasteiger partial charge is 0.238 e. The Balaban J connectivity index is 2.01. The van der Waals surface area contributed by atoms with Crippen molar-refractivity contribution in [3.8, 4) is 0 Å². The Kier molecular flexibility index (Phi) is 3.34. The van der Waals surface area contributed by atoms with Gasteiger partial charge in [0.15, 0.2) is 0 Å². The second kappa shape index (κ2) is 4.53. The SMILES string of the molecule is CCC1NCC(=O)N1C1CCCSC1. The molecule has 1 N–H and O–H groups in total. The average molecular weight is 214 g/mol. The molecular weight excluding hydrogens is 196 g/mol. The number of nitrogens with zero attached hydrogens (tertiary/aromatic N) is 1. The lowest BCUT2D eigenvalue weighted by molar-refractivity contribution is -0.130. The Labute approximate surface area is 89.6 Å². The van der Waals surface area contributed by atoms with E-state index in [-0.39, 0.29) is 0 Å². The fourth-order valence-corrected chi connectivity index (χ4v) is 3.45. The van der Waals surface area contributed by atoms with Crippen molar-refractivity contribution in [1.29, 1.82) is 0 Å². The summed E-state index contributed by atoms with van der Waals surface area (Å²) in [6, 6.07) is 0.487. The highest BCUT2D eigenvalue weighted by Gasteiger charge is 2.35.